The molecule has 3 heterocycles. The van der Waals surface area contributed by atoms with Gasteiger partial charge in [0.2, 0.25) is 11.8 Å². The number of pyridine rings is 1. The molecule has 3 rings (SSSR count). The van der Waals surface area contributed by atoms with Crippen LogP contribution in [0.25, 0.3) is 0 Å². The van der Waals surface area contributed by atoms with Gasteiger partial charge in [0, 0.05) is 63.6 Å². The van der Waals surface area contributed by atoms with E-state index in [1.54, 1.807) is 11.9 Å². The number of carbonyl (C=O) groups is 2. The Balaban J connectivity index is 1.32. The highest BCUT2D eigenvalue weighted by Gasteiger charge is 2.29. The molecular weight excluding hydrogens is 316 g/mol. The molecule has 2 saturated heterocycles. The molecule has 6 nitrogen and oxygen atoms in total. The number of piperidine rings is 1. The second-order valence-electron chi connectivity index (χ2n) is 7.18. The second kappa shape index (κ2) is 8.32. The lowest BCUT2D eigenvalue weighted by Crippen LogP contribution is -2.37. The summed E-state index contributed by atoms with van der Waals surface area (Å²) in [5, 5.41) is 3.04. The lowest BCUT2D eigenvalue weighted by molar-refractivity contribution is -0.128. The van der Waals surface area contributed by atoms with Gasteiger partial charge in [-0.15, -0.1) is 0 Å². The van der Waals surface area contributed by atoms with E-state index < -0.39 is 0 Å². The summed E-state index contributed by atoms with van der Waals surface area (Å²) in [7, 11) is 1.80. The first-order valence-electron chi connectivity index (χ1n) is 9.31. The van der Waals surface area contributed by atoms with E-state index in [1.807, 2.05) is 12.4 Å². The Morgan fingerprint density at radius 1 is 1.24 bits per heavy atom. The summed E-state index contributed by atoms with van der Waals surface area (Å²) >= 11 is 0. The number of hydrogen-bond acceptors (Lipinski definition) is 4. The first kappa shape index (κ1) is 17.7. The molecule has 6 heteroatoms. The number of aromatic nitrogens is 1. The fourth-order valence-corrected chi connectivity index (χ4v) is 3.84. The summed E-state index contributed by atoms with van der Waals surface area (Å²) in [6.45, 7) is 2.87. The van der Waals surface area contributed by atoms with Crippen molar-refractivity contribution in [1.29, 1.82) is 0 Å². The van der Waals surface area contributed by atoms with E-state index in [1.165, 1.54) is 5.69 Å². The molecule has 0 aliphatic carbocycles. The number of nitrogens with zero attached hydrogens (tertiary/aromatic N) is 3. The van der Waals surface area contributed by atoms with E-state index in [4.69, 9.17) is 0 Å². The highest BCUT2D eigenvalue weighted by molar-refractivity contribution is 5.81. The predicted octanol–water partition coefficient (Wildman–Crippen LogP) is 1.82. The van der Waals surface area contributed by atoms with Crippen molar-refractivity contribution >= 4 is 17.5 Å². The van der Waals surface area contributed by atoms with Crippen LogP contribution in [-0.2, 0) is 9.59 Å². The molecular formula is C19H28N4O2. The maximum Gasteiger partial charge on any atom is 0.222 e. The normalized spacial score (nSPS) is 21.6. The smallest absolute Gasteiger partial charge is 0.222 e. The Bertz CT molecular complexity index is 584. The van der Waals surface area contributed by atoms with Crippen molar-refractivity contribution in [2.45, 2.75) is 44.6 Å². The van der Waals surface area contributed by atoms with Gasteiger partial charge in [-0.1, -0.05) is 0 Å². The molecule has 2 aliphatic heterocycles. The average molecular weight is 344 g/mol. The molecule has 1 aromatic heterocycles. The summed E-state index contributed by atoms with van der Waals surface area (Å²) in [6.07, 6.45) is 8.85. The second-order valence-corrected chi connectivity index (χ2v) is 7.18. The highest BCUT2D eigenvalue weighted by Crippen LogP contribution is 2.24. The molecule has 2 fully saturated rings. The first-order valence-corrected chi connectivity index (χ1v) is 9.31. The number of nitrogens with one attached hydrogen (secondary N) is 1. The topological polar surface area (TPSA) is 65.5 Å². The van der Waals surface area contributed by atoms with Gasteiger partial charge in [-0.25, -0.2) is 0 Å². The third kappa shape index (κ3) is 4.71. The Labute approximate surface area is 149 Å². The van der Waals surface area contributed by atoms with Crippen molar-refractivity contribution in [1.82, 2.24) is 15.2 Å². The quantitative estimate of drug-likeness (QED) is 0.855. The SMILES string of the molecule is CN1C(=O)CCC1CC(=O)NCCC1CCN(c2ccncc2)CC1. The number of anilines is 1. The molecule has 1 atom stereocenters. The molecule has 0 aromatic carbocycles. The monoisotopic (exact) mass is 344 g/mol. The Morgan fingerprint density at radius 2 is 1.96 bits per heavy atom. The van der Waals surface area contributed by atoms with Gasteiger partial charge in [-0.05, 0) is 43.7 Å². The van der Waals surface area contributed by atoms with Gasteiger partial charge in [0.05, 0.1) is 0 Å². The maximum absolute atomic E-state index is 12.1. The van der Waals surface area contributed by atoms with Crippen molar-refractivity contribution in [2.75, 3.05) is 31.6 Å². The minimum absolute atomic E-state index is 0.0702. The van der Waals surface area contributed by atoms with Crippen molar-refractivity contribution in [3.8, 4) is 0 Å². The van der Waals surface area contributed by atoms with Crippen molar-refractivity contribution < 1.29 is 9.59 Å². The zero-order valence-electron chi connectivity index (χ0n) is 15.0. The Hall–Kier alpha value is -2.11. The Kier molecular flexibility index (Phi) is 5.89. The van der Waals surface area contributed by atoms with E-state index in [0.29, 0.717) is 18.8 Å². The Morgan fingerprint density at radius 3 is 2.60 bits per heavy atom. The summed E-state index contributed by atoms with van der Waals surface area (Å²) < 4.78 is 0. The molecule has 0 bridgehead atoms. The van der Waals surface area contributed by atoms with E-state index >= 15 is 0 Å². The van der Waals surface area contributed by atoms with Crippen LogP contribution in [0.3, 0.4) is 0 Å². The first-order chi connectivity index (χ1) is 12.1. The van der Waals surface area contributed by atoms with E-state index in [9.17, 15) is 9.59 Å². The summed E-state index contributed by atoms with van der Waals surface area (Å²) in [5.41, 5.74) is 1.25. The fraction of sp³-hybridized carbons (Fsp3) is 0.632. The van der Waals surface area contributed by atoms with Crippen molar-refractivity contribution in [3.05, 3.63) is 24.5 Å². The third-order valence-electron chi connectivity index (χ3n) is 5.57. The van der Waals surface area contributed by atoms with Gasteiger partial charge in [-0.2, -0.15) is 0 Å². The van der Waals surface area contributed by atoms with Crippen LogP contribution in [-0.4, -0.2) is 54.4 Å². The van der Waals surface area contributed by atoms with Crippen molar-refractivity contribution in [2.24, 2.45) is 5.92 Å². The van der Waals surface area contributed by atoms with Gasteiger partial charge in [0.1, 0.15) is 0 Å². The number of rotatable bonds is 6. The largest absolute Gasteiger partial charge is 0.371 e. The van der Waals surface area contributed by atoms with Crippen LogP contribution in [0.15, 0.2) is 24.5 Å². The predicted molar refractivity (Wildman–Crippen MR) is 97.2 cm³/mol. The van der Waals surface area contributed by atoms with Gasteiger partial charge in [0.15, 0.2) is 0 Å². The number of likely N-dealkylation sites (tertiary alicyclic amines) is 1. The average Bonchev–Trinajstić information content (AvgIpc) is 2.95. The number of hydrogen-bond donors (Lipinski definition) is 1. The van der Waals surface area contributed by atoms with Crippen LogP contribution in [0.4, 0.5) is 5.69 Å². The van der Waals surface area contributed by atoms with Crippen LogP contribution < -0.4 is 10.2 Å². The van der Waals surface area contributed by atoms with Crippen LogP contribution in [0, 0.1) is 5.92 Å². The minimum atomic E-state index is 0.0702. The summed E-state index contributed by atoms with van der Waals surface area (Å²) in [5.74, 6) is 0.897. The van der Waals surface area contributed by atoms with Crippen LogP contribution >= 0.6 is 0 Å². The van der Waals surface area contributed by atoms with E-state index in [2.05, 4.69) is 27.3 Å². The van der Waals surface area contributed by atoms with Gasteiger partial charge in [-0.3, -0.25) is 14.6 Å². The minimum Gasteiger partial charge on any atom is -0.371 e. The number of carbonyl (C=O) groups excluding carboxylic acids is 2. The molecule has 0 radical (unpaired) electrons. The van der Waals surface area contributed by atoms with Crippen LogP contribution in [0.1, 0.15) is 38.5 Å². The maximum atomic E-state index is 12.1. The van der Waals surface area contributed by atoms with Crippen molar-refractivity contribution in [3.63, 3.8) is 0 Å². The molecule has 1 unspecified atom stereocenters. The van der Waals surface area contributed by atoms with E-state index in [-0.39, 0.29) is 17.9 Å². The molecule has 2 aliphatic rings. The zero-order valence-corrected chi connectivity index (χ0v) is 15.0. The standard InChI is InChI=1S/C19H28N4O2/c1-22-17(2-3-19(22)25)14-18(24)21-11-4-15-7-12-23(13-8-15)16-5-9-20-10-6-16/h5-6,9-10,15,17H,2-4,7-8,11-14H2,1H3,(H,21,24). The number of amides is 2. The van der Waals surface area contributed by atoms with Gasteiger partial charge in [0.25, 0.3) is 0 Å². The molecule has 25 heavy (non-hydrogen) atoms. The molecule has 1 N–H and O–H groups in total. The lowest BCUT2D eigenvalue weighted by Gasteiger charge is -2.33. The summed E-state index contributed by atoms with van der Waals surface area (Å²) in [4.78, 5) is 31.8. The molecule has 1 aromatic rings. The molecule has 2 amide bonds. The molecule has 0 saturated carbocycles. The van der Waals surface area contributed by atoms with E-state index in [0.717, 1.165) is 45.3 Å². The zero-order chi connectivity index (χ0) is 17.6. The molecule has 0 spiro atoms. The van der Waals surface area contributed by atoms with Crippen LogP contribution in [0.5, 0.6) is 0 Å². The van der Waals surface area contributed by atoms with Gasteiger partial charge >= 0.3 is 0 Å². The lowest BCUT2D eigenvalue weighted by atomic mass is 9.93. The third-order valence-corrected chi connectivity index (χ3v) is 5.57. The van der Waals surface area contributed by atoms with Crippen LogP contribution in [0.2, 0.25) is 0 Å². The summed E-state index contributed by atoms with van der Waals surface area (Å²) in [6, 6.07) is 4.20. The molecule has 136 valence electrons. The van der Waals surface area contributed by atoms with Gasteiger partial charge < -0.3 is 15.1 Å². The highest BCUT2D eigenvalue weighted by atomic mass is 16.2. The fourth-order valence-electron chi connectivity index (χ4n) is 3.84.